The number of benzene rings is 1. The van der Waals surface area contributed by atoms with Crippen molar-refractivity contribution in [3.05, 3.63) is 35.3 Å². The van der Waals surface area contributed by atoms with Crippen LogP contribution in [0.1, 0.15) is 25.1 Å². The molecule has 0 spiro atoms. The highest BCUT2D eigenvalue weighted by Crippen LogP contribution is 2.26. The number of nitrogens with zero attached hydrogens (tertiary/aromatic N) is 2. The van der Waals surface area contributed by atoms with Crippen molar-refractivity contribution < 1.29 is 4.74 Å². The number of ether oxygens (including phenoxy) is 1. The van der Waals surface area contributed by atoms with Crippen LogP contribution in [0.15, 0.2) is 30.5 Å². The average Bonchev–Trinajstić information content (AvgIpc) is 3.05. The maximum Gasteiger partial charge on any atom is 0.123 e. The fourth-order valence-corrected chi connectivity index (χ4v) is 3.04. The van der Waals surface area contributed by atoms with E-state index in [-0.39, 0.29) is 24.8 Å². The molecule has 1 heterocycles. The minimum absolute atomic E-state index is 0. The Morgan fingerprint density at radius 2 is 1.79 bits per heavy atom. The Balaban J connectivity index is 0.00000264. The Hall–Kier alpha value is -0.850. The number of nitrogens with two attached hydrogens (primary N) is 1. The van der Waals surface area contributed by atoms with Crippen LogP contribution in [0.2, 0.25) is 0 Å². The van der Waals surface area contributed by atoms with Gasteiger partial charge in [0.25, 0.3) is 0 Å². The summed E-state index contributed by atoms with van der Waals surface area (Å²) < 4.78 is 5.80. The molecule has 136 valence electrons. The van der Waals surface area contributed by atoms with E-state index < -0.39 is 0 Å². The first-order valence-electron chi connectivity index (χ1n) is 7.87. The van der Waals surface area contributed by atoms with Gasteiger partial charge in [-0.3, -0.25) is 0 Å². The van der Waals surface area contributed by atoms with Crippen molar-refractivity contribution in [3.63, 3.8) is 0 Å². The van der Waals surface area contributed by atoms with Crippen LogP contribution in [0.3, 0.4) is 0 Å². The molecule has 0 aliphatic rings. The molecule has 0 bridgehead atoms. The smallest absolute Gasteiger partial charge is 0.123 e. The van der Waals surface area contributed by atoms with Crippen molar-refractivity contribution in [2.75, 3.05) is 26.2 Å². The number of aromatic nitrogens is 1. The highest BCUT2D eigenvalue weighted by Gasteiger charge is 2.04. The molecule has 0 aliphatic carbocycles. The summed E-state index contributed by atoms with van der Waals surface area (Å²) in [4.78, 5) is 7.90. The van der Waals surface area contributed by atoms with E-state index >= 15 is 0 Å². The van der Waals surface area contributed by atoms with Crippen LogP contribution in [-0.2, 0) is 6.54 Å². The van der Waals surface area contributed by atoms with Crippen LogP contribution in [-0.4, -0.2) is 36.1 Å². The second kappa shape index (κ2) is 12.5. The first-order chi connectivity index (χ1) is 10.8. The molecule has 0 unspecified atom stereocenters. The van der Waals surface area contributed by atoms with Crippen molar-refractivity contribution in [1.29, 1.82) is 0 Å². The Labute approximate surface area is 161 Å². The number of thiazole rings is 1. The molecule has 0 saturated heterocycles. The summed E-state index contributed by atoms with van der Waals surface area (Å²) in [5, 5.41) is 1.01. The Morgan fingerprint density at radius 3 is 2.33 bits per heavy atom. The molecule has 2 rings (SSSR count). The molecule has 0 saturated carbocycles. The van der Waals surface area contributed by atoms with E-state index in [4.69, 9.17) is 10.5 Å². The van der Waals surface area contributed by atoms with E-state index in [0.717, 1.165) is 53.9 Å². The minimum Gasteiger partial charge on any atom is -0.494 e. The van der Waals surface area contributed by atoms with Gasteiger partial charge in [-0.15, -0.1) is 36.2 Å². The number of hydrogen-bond acceptors (Lipinski definition) is 5. The molecule has 7 heteroatoms. The summed E-state index contributed by atoms with van der Waals surface area (Å²) in [5.74, 6) is 0.916. The summed E-state index contributed by atoms with van der Waals surface area (Å²) in [6, 6.07) is 8.13. The van der Waals surface area contributed by atoms with E-state index in [1.165, 1.54) is 0 Å². The van der Waals surface area contributed by atoms with Gasteiger partial charge in [-0.1, -0.05) is 13.8 Å². The van der Waals surface area contributed by atoms with Gasteiger partial charge in [0.15, 0.2) is 0 Å². The lowest BCUT2D eigenvalue weighted by molar-refractivity contribution is 0.249. The lowest BCUT2D eigenvalue weighted by Crippen LogP contribution is -2.25. The van der Waals surface area contributed by atoms with Gasteiger partial charge in [0.2, 0.25) is 0 Å². The molecule has 0 radical (unpaired) electrons. The monoisotopic (exact) mass is 391 g/mol. The zero-order valence-electron chi connectivity index (χ0n) is 14.2. The summed E-state index contributed by atoms with van der Waals surface area (Å²) in [5.41, 5.74) is 6.73. The van der Waals surface area contributed by atoms with Crippen molar-refractivity contribution in [2.24, 2.45) is 5.73 Å². The highest BCUT2D eigenvalue weighted by molar-refractivity contribution is 7.15. The first kappa shape index (κ1) is 23.1. The van der Waals surface area contributed by atoms with Crippen molar-refractivity contribution in [3.8, 4) is 16.3 Å². The molecule has 1 aromatic carbocycles. The molecular formula is C17H27Cl2N3OS. The van der Waals surface area contributed by atoms with Crippen LogP contribution in [0, 0.1) is 0 Å². The molecule has 24 heavy (non-hydrogen) atoms. The number of rotatable bonds is 9. The first-order valence-corrected chi connectivity index (χ1v) is 8.68. The number of halogens is 2. The standard InChI is InChI=1S/C17H25N3OS.2ClH/c1-3-20(4-2)10-5-11-21-15-8-6-14(7-9-15)17-19-13-16(12-18)22-17;;/h6-9,13H,3-5,10-12,18H2,1-2H3;2*1H. The summed E-state index contributed by atoms with van der Waals surface area (Å²) >= 11 is 1.64. The third-order valence-corrected chi connectivity index (χ3v) is 4.71. The van der Waals surface area contributed by atoms with Crippen molar-refractivity contribution in [2.45, 2.75) is 26.8 Å². The third-order valence-electron chi connectivity index (χ3n) is 3.64. The fraction of sp³-hybridized carbons (Fsp3) is 0.471. The van der Waals surface area contributed by atoms with Gasteiger partial charge in [-0.25, -0.2) is 4.98 Å². The highest BCUT2D eigenvalue weighted by atomic mass is 35.5. The van der Waals surface area contributed by atoms with Crippen LogP contribution in [0.5, 0.6) is 5.75 Å². The summed E-state index contributed by atoms with van der Waals surface area (Å²) in [6.07, 6.45) is 2.90. The number of hydrogen-bond donors (Lipinski definition) is 1. The van der Waals surface area contributed by atoms with E-state index in [1.54, 1.807) is 11.3 Å². The van der Waals surface area contributed by atoms with Crippen LogP contribution in [0.25, 0.3) is 10.6 Å². The third kappa shape index (κ3) is 6.95. The van der Waals surface area contributed by atoms with Crippen LogP contribution >= 0.6 is 36.2 Å². The van der Waals surface area contributed by atoms with E-state index in [1.807, 2.05) is 18.3 Å². The molecular weight excluding hydrogens is 365 g/mol. The molecule has 2 aromatic rings. The van der Waals surface area contributed by atoms with Crippen molar-refractivity contribution in [1.82, 2.24) is 9.88 Å². The Kier molecular flexibility index (Phi) is 12.1. The zero-order chi connectivity index (χ0) is 15.8. The van der Waals surface area contributed by atoms with E-state index in [9.17, 15) is 0 Å². The normalized spacial score (nSPS) is 10.2. The van der Waals surface area contributed by atoms with Gasteiger partial charge in [-0.2, -0.15) is 0 Å². The molecule has 4 nitrogen and oxygen atoms in total. The molecule has 2 N–H and O–H groups in total. The maximum atomic E-state index is 5.80. The second-order valence-electron chi connectivity index (χ2n) is 5.09. The Morgan fingerprint density at radius 1 is 1.12 bits per heavy atom. The molecule has 1 aromatic heterocycles. The summed E-state index contributed by atoms with van der Waals surface area (Å²) in [7, 11) is 0. The van der Waals surface area contributed by atoms with Gasteiger partial charge in [0.05, 0.1) is 6.61 Å². The van der Waals surface area contributed by atoms with E-state index in [2.05, 4.69) is 35.9 Å². The summed E-state index contributed by atoms with van der Waals surface area (Å²) in [6.45, 7) is 8.98. The molecule has 0 atom stereocenters. The second-order valence-corrected chi connectivity index (χ2v) is 6.20. The largest absolute Gasteiger partial charge is 0.494 e. The van der Waals surface area contributed by atoms with Gasteiger partial charge in [-0.05, 0) is 43.8 Å². The SMILES string of the molecule is CCN(CC)CCCOc1ccc(-c2ncc(CN)s2)cc1.Cl.Cl. The minimum atomic E-state index is 0. The van der Waals surface area contributed by atoms with Crippen LogP contribution < -0.4 is 10.5 Å². The van der Waals surface area contributed by atoms with Gasteiger partial charge in [0.1, 0.15) is 10.8 Å². The topological polar surface area (TPSA) is 51.4 Å². The predicted molar refractivity (Wildman–Crippen MR) is 108 cm³/mol. The van der Waals surface area contributed by atoms with Gasteiger partial charge < -0.3 is 15.4 Å². The zero-order valence-corrected chi connectivity index (χ0v) is 16.7. The molecule has 0 fully saturated rings. The molecule has 0 amide bonds. The van der Waals surface area contributed by atoms with Gasteiger partial charge >= 0.3 is 0 Å². The predicted octanol–water partition coefficient (Wildman–Crippen LogP) is 4.22. The van der Waals surface area contributed by atoms with E-state index in [0.29, 0.717) is 6.54 Å². The Bertz CT molecular complexity index is 559. The van der Waals surface area contributed by atoms with Crippen LogP contribution in [0.4, 0.5) is 0 Å². The lowest BCUT2D eigenvalue weighted by atomic mass is 10.2. The molecule has 0 aliphatic heterocycles. The lowest BCUT2D eigenvalue weighted by Gasteiger charge is -2.17. The fourth-order valence-electron chi connectivity index (χ4n) is 2.25. The maximum absolute atomic E-state index is 5.80. The quantitative estimate of drug-likeness (QED) is 0.649. The van der Waals surface area contributed by atoms with Crippen molar-refractivity contribution >= 4 is 36.2 Å². The van der Waals surface area contributed by atoms with Gasteiger partial charge in [0, 0.05) is 29.7 Å². The average molecular weight is 392 g/mol.